The Morgan fingerprint density at radius 3 is 2.39 bits per heavy atom. The van der Waals surface area contributed by atoms with Crippen LogP contribution in [0.15, 0.2) is 45.8 Å². The standard InChI is InChI=1S/C25H29N5O4S2/c1-15(2)22-28-24(34-29-22)30-13-11-17(12-14-30)16(3)33-25-27-21-10-9-20(26-23(21)35-25)18-5-7-19(8-6-18)36(4,31)32/h5-10,15-17H,11-14H2,1-4H3/t16-/m0/s1. The second-order valence-electron chi connectivity index (χ2n) is 9.53. The van der Waals surface area contributed by atoms with Gasteiger partial charge in [-0.15, -0.1) is 0 Å². The Bertz CT molecular complexity index is 1460. The Morgan fingerprint density at radius 2 is 1.75 bits per heavy atom. The molecule has 1 atom stereocenters. The molecule has 1 aliphatic rings. The van der Waals surface area contributed by atoms with Crippen molar-refractivity contribution in [1.29, 1.82) is 0 Å². The van der Waals surface area contributed by atoms with Crippen molar-refractivity contribution < 1.29 is 17.7 Å². The molecule has 0 bridgehead atoms. The van der Waals surface area contributed by atoms with Crippen molar-refractivity contribution in [3.8, 4) is 16.5 Å². The SMILES string of the molecule is CC(C)c1noc(N2CCC([C@H](C)Oc3nc4ccc(-c5ccc(S(C)(=O)=O)cc5)nc4s3)CC2)n1. The zero-order valence-electron chi connectivity index (χ0n) is 20.7. The van der Waals surface area contributed by atoms with Crippen LogP contribution in [0.1, 0.15) is 45.4 Å². The first-order chi connectivity index (χ1) is 17.2. The Morgan fingerprint density at radius 1 is 1.03 bits per heavy atom. The summed E-state index contributed by atoms with van der Waals surface area (Å²) in [5, 5.41) is 4.68. The van der Waals surface area contributed by atoms with Crippen molar-refractivity contribution in [2.24, 2.45) is 5.92 Å². The number of piperidine rings is 1. The minimum atomic E-state index is -3.23. The van der Waals surface area contributed by atoms with Crippen LogP contribution in [0.2, 0.25) is 0 Å². The molecule has 0 N–H and O–H groups in total. The molecular weight excluding hydrogens is 498 g/mol. The fraction of sp³-hybridized carbons (Fsp3) is 0.440. The third kappa shape index (κ3) is 5.22. The molecule has 0 aliphatic carbocycles. The number of hydrogen-bond acceptors (Lipinski definition) is 10. The fourth-order valence-electron chi connectivity index (χ4n) is 4.29. The summed E-state index contributed by atoms with van der Waals surface area (Å²) in [5.41, 5.74) is 2.40. The lowest BCUT2D eigenvalue weighted by Gasteiger charge is -2.33. The summed E-state index contributed by atoms with van der Waals surface area (Å²) in [5.74, 6) is 1.38. The number of pyridine rings is 1. The highest BCUT2D eigenvalue weighted by atomic mass is 32.2. The Labute approximate surface area is 214 Å². The third-order valence-electron chi connectivity index (χ3n) is 6.52. The Balaban J connectivity index is 1.22. The summed E-state index contributed by atoms with van der Waals surface area (Å²) in [6.45, 7) is 7.90. The van der Waals surface area contributed by atoms with Gasteiger partial charge in [0.05, 0.1) is 10.6 Å². The quantitative estimate of drug-likeness (QED) is 0.329. The molecule has 190 valence electrons. The lowest BCUT2D eigenvalue weighted by atomic mass is 9.92. The number of aromatic nitrogens is 4. The van der Waals surface area contributed by atoms with Crippen LogP contribution in [-0.4, -0.2) is 54.0 Å². The monoisotopic (exact) mass is 527 g/mol. The Kier molecular flexibility index (Phi) is 6.69. The maximum Gasteiger partial charge on any atom is 0.324 e. The molecule has 36 heavy (non-hydrogen) atoms. The van der Waals surface area contributed by atoms with Gasteiger partial charge < -0.3 is 14.2 Å². The number of nitrogens with zero attached hydrogens (tertiary/aromatic N) is 5. The highest BCUT2D eigenvalue weighted by Gasteiger charge is 2.28. The first-order valence-corrected chi connectivity index (χ1v) is 14.7. The number of anilines is 1. The number of sulfone groups is 1. The van der Waals surface area contributed by atoms with Gasteiger partial charge in [0.1, 0.15) is 16.5 Å². The number of benzene rings is 1. The molecule has 0 amide bonds. The van der Waals surface area contributed by atoms with Gasteiger partial charge in [0.15, 0.2) is 15.7 Å². The second-order valence-corrected chi connectivity index (χ2v) is 12.5. The van der Waals surface area contributed by atoms with Crippen LogP contribution in [0.25, 0.3) is 21.6 Å². The third-order valence-corrected chi connectivity index (χ3v) is 8.51. The topological polar surface area (TPSA) is 111 Å². The molecule has 5 rings (SSSR count). The molecule has 1 aromatic carbocycles. The summed E-state index contributed by atoms with van der Waals surface area (Å²) in [6, 6.07) is 11.2. The highest BCUT2D eigenvalue weighted by molar-refractivity contribution is 7.90. The summed E-state index contributed by atoms with van der Waals surface area (Å²) in [4.78, 5) is 17.1. The van der Waals surface area contributed by atoms with Gasteiger partial charge in [0.25, 0.3) is 5.19 Å². The molecule has 0 spiro atoms. The van der Waals surface area contributed by atoms with E-state index in [1.807, 2.05) is 12.1 Å². The molecule has 11 heteroatoms. The summed E-state index contributed by atoms with van der Waals surface area (Å²) >= 11 is 1.42. The van der Waals surface area contributed by atoms with E-state index in [1.54, 1.807) is 24.3 Å². The average molecular weight is 528 g/mol. The molecule has 4 aromatic rings. The van der Waals surface area contributed by atoms with Crippen LogP contribution in [-0.2, 0) is 9.84 Å². The summed E-state index contributed by atoms with van der Waals surface area (Å²) in [7, 11) is -3.23. The zero-order chi connectivity index (χ0) is 25.4. The van der Waals surface area contributed by atoms with Crippen molar-refractivity contribution >= 4 is 37.5 Å². The molecule has 0 radical (unpaired) electrons. The van der Waals surface area contributed by atoms with Crippen LogP contribution in [0.5, 0.6) is 5.19 Å². The van der Waals surface area contributed by atoms with E-state index in [0.717, 1.165) is 53.4 Å². The molecule has 1 aliphatic heterocycles. The van der Waals surface area contributed by atoms with E-state index in [1.165, 1.54) is 17.6 Å². The zero-order valence-corrected chi connectivity index (χ0v) is 22.3. The first-order valence-electron chi connectivity index (χ1n) is 12.0. The predicted molar refractivity (Wildman–Crippen MR) is 139 cm³/mol. The van der Waals surface area contributed by atoms with Gasteiger partial charge in [-0.05, 0) is 49.9 Å². The van der Waals surface area contributed by atoms with Crippen LogP contribution in [0.3, 0.4) is 0 Å². The Hall–Kier alpha value is -3.05. The minimum absolute atomic E-state index is 0.0182. The van der Waals surface area contributed by atoms with Crippen LogP contribution in [0, 0.1) is 5.92 Å². The number of rotatable bonds is 7. The van der Waals surface area contributed by atoms with Crippen molar-refractivity contribution in [3.63, 3.8) is 0 Å². The molecule has 1 fully saturated rings. The normalized spacial score (nSPS) is 16.1. The predicted octanol–water partition coefficient (Wildman–Crippen LogP) is 4.95. The van der Waals surface area contributed by atoms with Gasteiger partial charge in [0.2, 0.25) is 0 Å². The summed E-state index contributed by atoms with van der Waals surface area (Å²) in [6.07, 6.45) is 3.16. The number of thiazole rings is 1. The molecule has 3 aromatic heterocycles. The van der Waals surface area contributed by atoms with Gasteiger partial charge >= 0.3 is 6.01 Å². The maximum absolute atomic E-state index is 11.7. The highest BCUT2D eigenvalue weighted by Crippen LogP contribution is 2.32. The van der Waals surface area contributed by atoms with Gasteiger partial charge in [-0.1, -0.05) is 42.5 Å². The molecule has 4 heterocycles. The van der Waals surface area contributed by atoms with Crippen LogP contribution >= 0.6 is 11.3 Å². The van der Waals surface area contributed by atoms with E-state index in [9.17, 15) is 8.42 Å². The maximum atomic E-state index is 11.7. The number of fused-ring (bicyclic) bond motifs is 1. The average Bonchev–Trinajstić information content (AvgIpc) is 3.50. The van der Waals surface area contributed by atoms with Crippen molar-refractivity contribution in [2.75, 3.05) is 24.2 Å². The first kappa shape index (κ1) is 24.6. The lowest BCUT2D eigenvalue weighted by Crippen LogP contribution is -2.38. The lowest BCUT2D eigenvalue weighted by molar-refractivity contribution is 0.131. The van der Waals surface area contributed by atoms with E-state index in [2.05, 4.69) is 40.8 Å². The number of ether oxygens (including phenoxy) is 1. The molecular formula is C25H29N5O4S2. The molecule has 1 saturated heterocycles. The molecule has 9 nitrogen and oxygen atoms in total. The molecule has 0 saturated carbocycles. The second kappa shape index (κ2) is 9.78. The van der Waals surface area contributed by atoms with Gasteiger partial charge in [-0.2, -0.15) is 4.98 Å². The van der Waals surface area contributed by atoms with Crippen molar-refractivity contribution in [2.45, 2.75) is 50.5 Å². The van der Waals surface area contributed by atoms with E-state index >= 15 is 0 Å². The smallest absolute Gasteiger partial charge is 0.324 e. The largest absolute Gasteiger partial charge is 0.467 e. The van der Waals surface area contributed by atoms with Crippen molar-refractivity contribution in [3.05, 3.63) is 42.2 Å². The minimum Gasteiger partial charge on any atom is -0.467 e. The van der Waals surface area contributed by atoms with E-state index < -0.39 is 9.84 Å². The van der Waals surface area contributed by atoms with Gasteiger partial charge in [0, 0.05) is 30.8 Å². The van der Waals surface area contributed by atoms with E-state index in [-0.39, 0.29) is 16.9 Å². The van der Waals surface area contributed by atoms with Crippen LogP contribution < -0.4 is 9.64 Å². The van der Waals surface area contributed by atoms with E-state index in [4.69, 9.17) is 14.2 Å². The van der Waals surface area contributed by atoms with Gasteiger partial charge in [-0.25, -0.2) is 18.4 Å². The van der Waals surface area contributed by atoms with E-state index in [0.29, 0.717) is 17.1 Å². The number of hydrogen-bond donors (Lipinski definition) is 0. The van der Waals surface area contributed by atoms with Crippen molar-refractivity contribution in [1.82, 2.24) is 20.1 Å². The summed E-state index contributed by atoms with van der Waals surface area (Å²) < 4.78 is 35.1. The van der Waals surface area contributed by atoms with Gasteiger partial charge in [-0.3, -0.25) is 0 Å². The van der Waals surface area contributed by atoms with Crippen LogP contribution in [0.4, 0.5) is 6.01 Å². The fourth-order valence-corrected chi connectivity index (χ4v) is 5.79. The molecule has 0 unspecified atom stereocenters.